The first-order valence-corrected chi connectivity index (χ1v) is 5.23. The van der Waals surface area contributed by atoms with Gasteiger partial charge in [-0.15, -0.1) is 0 Å². The average Bonchev–Trinajstić information content (AvgIpc) is 1.97. The number of aromatic hydroxyl groups is 1. The first-order chi connectivity index (χ1) is 5.82. The molecule has 0 aromatic heterocycles. The minimum Gasteiger partial charge on any atom is -0.507 e. The summed E-state index contributed by atoms with van der Waals surface area (Å²) in [7, 11) is 0. The summed E-state index contributed by atoms with van der Waals surface area (Å²) >= 11 is 3.54. The Bertz CT molecular complexity index is 312. The summed E-state index contributed by atoms with van der Waals surface area (Å²) in [5, 5.41) is 9.13. The molecular weight excluding hydrogens is 411 g/mol. The van der Waals surface area contributed by atoms with Crippen LogP contribution in [-0.2, 0) is 6.18 Å². The van der Waals surface area contributed by atoms with Crippen molar-refractivity contribution >= 4 is 45.2 Å². The molecule has 0 atom stereocenters. The number of halogens is 5. The van der Waals surface area contributed by atoms with Crippen molar-refractivity contribution in [2.45, 2.75) is 6.18 Å². The van der Waals surface area contributed by atoms with Gasteiger partial charge in [0.05, 0.1) is 9.13 Å². The van der Waals surface area contributed by atoms with Crippen molar-refractivity contribution in [3.05, 3.63) is 24.8 Å². The lowest BCUT2D eigenvalue weighted by Gasteiger charge is -2.08. The van der Waals surface area contributed by atoms with Crippen LogP contribution in [-0.4, -0.2) is 5.11 Å². The maximum Gasteiger partial charge on any atom is 0.416 e. The molecule has 0 heterocycles. The Kier molecular flexibility index (Phi) is 3.31. The summed E-state index contributed by atoms with van der Waals surface area (Å²) in [5.41, 5.74) is -0.824. The van der Waals surface area contributed by atoms with Crippen LogP contribution in [0, 0.1) is 7.14 Å². The number of hydrogen-bond donors (Lipinski definition) is 1. The molecule has 0 spiro atoms. The summed E-state index contributed by atoms with van der Waals surface area (Å²) in [4.78, 5) is 0. The van der Waals surface area contributed by atoms with E-state index in [4.69, 9.17) is 5.11 Å². The van der Waals surface area contributed by atoms with E-state index in [0.717, 1.165) is 12.1 Å². The third kappa shape index (κ3) is 2.61. The zero-order valence-electron chi connectivity index (χ0n) is 5.99. The van der Waals surface area contributed by atoms with Gasteiger partial charge in [-0.05, 0) is 57.3 Å². The second-order valence-corrected chi connectivity index (χ2v) is 4.53. The topological polar surface area (TPSA) is 20.2 Å². The third-order valence-corrected chi connectivity index (χ3v) is 4.35. The van der Waals surface area contributed by atoms with Gasteiger partial charge < -0.3 is 5.11 Å². The Labute approximate surface area is 99.6 Å². The molecule has 13 heavy (non-hydrogen) atoms. The molecule has 1 nitrogen and oxygen atoms in total. The van der Waals surface area contributed by atoms with Crippen LogP contribution >= 0.6 is 45.2 Å². The minimum atomic E-state index is -4.40. The highest BCUT2D eigenvalue weighted by atomic mass is 127. The predicted octanol–water partition coefficient (Wildman–Crippen LogP) is 3.62. The highest BCUT2D eigenvalue weighted by Gasteiger charge is 2.31. The summed E-state index contributed by atoms with van der Waals surface area (Å²) in [5.74, 6) is -0.333. The third-order valence-electron chi connectivity index (χ3n) is 1.34. The van der Waals surface area contributed by atoms with Gasteiger partial charge in [-0.3, -0.25) is 0 Å². The maximum absolute atomic E-state index is 12.2. The Morgan fingerprint density at radius 1 is 1.15 bits per heavy atom. The van der Waals surface area contributed by atoms with Gasteiger partial charge in [0.25, 0.3) is 0 Å². The van der Waals surface area contributed by atoms with Crippen LogP contribution in [0.25, 0.3) is 0 Å². The SMILES string of the molecule is Oc1cc(C(F)(F)F)cc(I)c1I. The molecule has 0 saturated heterocycles. The van der Waals surface area contributed by atoms with Gasteiger partial charge in [-0.2, -0.15) is 13.2 Å². The summed E-state index contributed by atoms with van der Waals surface area (Å²) in [6.07, 6.45) is -4.40. The Balaban J connectivity index is 3.29. The van der Waals surface area contributed by atoms with Crippen molar-refractivity contribution in [1.82, 2.24) is 0 Å². The normalized spacial score (nSPS) is 11.8. The van der Waals surface area contributed by atoms with Gasteiger partial charge in [0, 0.05) is 3.57 Å². The monoisotopic (exact) mass is 414 g/mol. The van der Waals surface area contributed by atoms with E-state index in [9.17, 15) is 13.2 Å². The molecule has 0 unspecified atom stereocenters. The first kappa shape index (κ1) is 11.3. The number of benzene rings is 1. The minimum absolute atomic E-state index is 0.333. The number of phenolic OH excluding ortho intramolecular Hbond substituents is 1. The lowest BCUT2D eigenvalue weighted by atomic mass is 10.2. The molecule has 0 bridgehead atoms. The van der Waals surface area contributed by atoms with E-state index in [1.54, 1.807) is 45.2 Å². The number of hydrogen-bond acceptors (Lipinski definition) is 1. The van der Waals surface area contributed by atoms with E-state index < -0.39 is 11.7 Å². The van der Waals surface area contributed by atoms with Gasteiger partial charge in [0.2, 0.25) is 0 Å². The summed E-state index contributed by atoms with van der Waals surface area (Å²) < 4.78 is 37.3. The maximum atomic E-state index is 12.2. The van der Waals surface area contributed by atoms with E-state index in [1.165, 1.54) is 0 Å². The Hall–Kier alpha value is 0.270. The van der Waals surface area contributed by atoms with E-state index in [1.807, 2.05) is 0 Å². The second kappa shape index (κ2) is 3.79. The van der Waals surface area contributed by atoms with E-state index in [-0.39, 0.29) is 5.75 Å². The van der Waals surface area contributed by atoms with Gasteiger partial charge in [-0.1, -0.05) is 0 Å². The largest absolute Gasteiger partial charge is 0.507 e. The highest BCUT2D eigenvalue weighted by molar-refractivity contribution is 14.1. The fraction of sp³-hybridized carbons (Fsp3) is 0.143. The molecule has 0 aliphatic heterocycles. The molecule has 0 amide bonds. The molecule has 0 saturated carbocycles. The van der Waals surface area contributed by atoms with Crippen molar-refractivity contribution in [2.24, 2.45) is 0 Å². The van der Waals surface area contributed by atoms with Crippen LogP contribution in [0.3, 0.4) is 0 Å². The highest BCUT2D eigenvalue weighted by Crippen LogP contribution is 2.35. The van der Waals surface area contributed by atoms with Crippen molar-refractivity contribution in [3.63, 3.8) is 0 Å². The molecular formula is C7H3F3I2O. The van der Waals surface area contributed by atoms with Crippen LogP contribution in [0.2, 0.25) is 0 Å². The van der Waals surface area contributed by atoms with E-state index in [2.05, 4.69) is 0 Å². The zero-order chi connectivity index (χ0) is 10.2. The standard InChI is InChI=1S/C7H3F3I2O/c8-7(9,10)3-1-4(11)6(12)5(13)2-3/h1-2,13H. The van der Waals surface area contributed by atoms with Crippen molar-refractivity contribution < 1.29 is 18.3 Å². The van der Waals surface area contributed by atoms with E-state index >= 15 is 0 Å². The number of phenols is 1. The van der Waals surface area contributed by atoms with Gasteiger partial charge in [-0.25, -0.2) is 0 Å². The Morgan fingerprint density at radius 3 is 2.08 bits per heavy atom. The van der Waals surface area contributed by atoms with Crippen LogP contribution in [0.1, 0.15) is 5.56 Å². The lowest BCUT2D eigenvalue weighted by Crippen LogP contribution is -2.05. The molecule has 1 aromatic carbocycles. The molecule has 1 rings (SSSR count). The first-order valence-electron chi connectivity index (χ1n) is 3.07. The predicted molar refractivity (Wildman–Crippen MR) is 58.5 cm³/mol. The lowest BCUT2D eigenvalue weighted by molar-refractivity contribution is -0.137. The quantitative estimate of drug-likeness (QED) is 0.644. The van der Waals surface area contributed by atoms with Crippen molar-refractivity contribution in [1.29, 1.82) is 0 Å². The van der Waals surface area contributed by atoms with Gasteiger partial charge in [0.15, 0.2) is 0 Å². The van der Waals surface area contributed by atoms with Crippen LogP contribution in [0.4, 0.5) is 13.2 Å². The van der Waals surface area contributed by atoms with Crippen molar-refractivity contribution in [3.8, 4) is 5.75 Å². The smallest absolute Gasteiger partial charge is 0.416 e. The van der Waals surface area contributed by atoms with E-state index in [0.29, 0.717) is 7.14 Å². The van der Waals surface area contributed by atoms with Gasteiger partial charge in [0.1, 0.15) is 5.75 Å². The van der Waals surface area contributed by atoms with Crippen LogP contribution in [0.5, 0.6) is 5.75 Å². The average molecular weight is 414 g/mol. The zero-order valence-corrected chi connectivity index (χ0v) is 10.3. The number of alkyl halides is 3. The molecule has 0 radical (unpaired) electrons. The molecule has 0 aliphatic rings. The summed E-state index contributed by atoms with van der Waals surface area (Å²) in [6.45, 7) is 0. The second-order valence-electron chi connectivity index (χ2n) is 2.29. The number of rotatable bonds is 0. The van der Waals surface area contributed by atoms with Crippen LogP contribution in [0.15, 0.2) is 12.1 Å². The van der Waals surface area contributed by atoms with Crippen LogP contribution < -0.4 is 0 Å². The van der Waals surface area contributed by atoms with Gasteiger partial charge >= 0.3 is 6.18 Å². The molecule has 0 aliphatic carbocycles. The Morgan fingerprint density at radius 2 is 1.69 bits per heavy atom. The molecule has 72 valence electrons. The van der Waals surface area contributed by atoms with Crippen molar-refractivity contribution in [2.75, 3.05) is 0 Å². The molecule has 1 aromatic rings. The fourth-order valence-corrected chi connectivity index (χ4v) is 1.66. The molecule has 1 N–H and O–H groups in total. The summed E-state index contributed by atoms with van der Waals surface area (Å²) in [6, 6.07) is 1.73. The molecule has 0 fully saturated rings. The fourth-order valence-electron chi connectivity index (χ4n) is 0.738. The molecule has 6 heteroatoms.